The Balaban J connectivity index is 1.51. The molecule has 2 bridgehead atoms. The largest absolute Gasteiger partial charge is 0.573 e. The van der Waals surface area contributed by atoms with Gasteiger partial charge in [0.1, 0.15) is 18.1 Å². The van der Waals surface area contributed by atoms with Crippen molar-refractivity contribution in [2.75, 3.05) is 5.73 Å². The van der Waals surface area contributed by atoms with Crippen molar-refractivity contribution < 1.29 is 27.4 Å². The summed E-state index contributed by atoms with van der Waals surface area (Å²) in [6, 6.07) is 0.988. The SMILES string of the molecule is Nc1ncc(-c2cn(C3CC4CC(C4)C(F)C3)c([C@@H](O)C3CC3)n2)cc1OC(F)(F)F. The maximum Gasteiger partial charge on any atom is 0.573 e. The number of hydrogen-bond acceptors (Lipinski definition) is 5. The maximum absolute atomic E-state index is 14.7. The van der Waals surface area contributed by atoms with Crippen LogP contribution in [-0.4, -0.2) is 32.2 Å². The van der Waals surface area contributed by atoms with Crippen LogP contribution >= 0.6 is 0 Å². The third-order valence-electron chi connectivity index (χ3n) is 6.78. The number of pyridine rings is 1. The number of ether oxygens (including phenoxy) is 1. The number of aromatic nitrogens is 3. The average molecular weight is 440 g/mol. The van der Waals surface area contributed by atoms with Crippen molar-refractivity contribution in [3.63, 3.8) is 0 Å². The number of imidazole rings is 1. The van der Waals surface area contributed by atoms with Gasteiger partial charge in [0.2, 0.25) is 0 Å². The number of nitrogens with two attached hydrogens (primary N) is 1. The Bertz CT molecular complexity index is 969. The quantitative estimate of drug-likeness (QED) is 0.666. The highest BCUT2D eigenvalue weighted by atomic mass is 19.4. The van der Waals surface area contributed by atoms with Gasteiger partial charge in [-0.1, -0.05) is 0 Å². The van der Waals surface area contributed by atoms with Gasteiger partial charge in [0.25, 0.3) is 0 Å². The summed E-state index contributed by atoms with van der Waals surface area (Å²) in [7, 11) is 0. The van der Waals surface area contributed by atoms with Crippen LogP contribution in [0.3, 0.4) is 0 Å². The number of hydrogen-bond donors (Lipinski definition) is 2. The molecule has 0 aromatic carbocycles. The standard InChI is InChI=1S/C21H24F4N4O2/c22-15-7-14(5-10-3-12(15)4-10)29-9-16(28-20(29)18(30)11-1-2-11)13-6-17(19(26)27-8-13)31-21(23,24)25/h6,8-12,14-15,18,30H,1-5,7H2,(H2,26,27)/t10?,12?,14?,15?,18-/m0/s1. The average Bonchev–Trinajstić information content (AvgIpc) is 3.45. The molecule has 0 amide bonds. The van der Waals surface area contributed by atoms with Crippen LogP contribution in [0.1, 0.15) is 56.5 Å². The molecule has 31 heavy (non-hydrogen) atoms. The van der Waals surface area contributed by atoms with Gasteiger partial charge in [-0.15, -0.1) is 13.2 Å². The molecule has 0 radical (unpaired) electrons. The van der Waals surface area contributed by atoms with Crippen molar-refractivity contribution in [2.45, 2.75) is 63.2 Å². The van der Waals surface area contributed by atoms with Crippen LogP contribution in [0.4, 0.5) is 23.4 Å². The molecular formula is C21H24F4N4O2. The van der Waals surface area contributed by atoms with Crippen LogP contribution in [0, 0.1) is 17.8 Å². The third-order valence-corrected chi connectivity index (χ3v) is 6.78. The topological polar surface area (TPSA) is 86.2 Å². The van der Waals surface area contributed by atoms with Gasteiger partial charge in [0.15, 0.2) is 11.6 Å². The highest BCUT2D eigenvalue weighted by molar-refractivity contribution is 5.64. The molecule has 2 unspecified atom stereocenters. The lowest BCUT2D eigenvalue weighted by atomic mass is 9.73. The lowest BCUT2D eigenvalue weighted by Crippen LogP contribution is -2.27. The molecule has 3 N–H and O–H groups in total. The summed E-state index contributed by atoms with van der Waals surface area (Å²) in [6.45, 7) is 0. The van der Waals surface area contributed by atoms with Gasteiger partial charge in [-0.2, -0.15) is 0 Å². The number of rotatable bonds is 5. The number of nitrogen functional groups attached to an aromatic ring is 1. The van der Waals surface area contributed by atoms with E-state index in [4.69, 9.17) is 5.73 Å². The van der Waals surface area contributed by atoms with Gasteiger partial charge in [-0.05, 0) is 62.3 Å². The fourth-order valence-electron chi connectivity index (χ4n) is 4.92. The Kier molecular flexibility index (Phi) is 4.87. The number of anilines is 1. The zero-order chi connectivity index (χ0) is 21.9. The predicted octanol–water partition coefficient (Wildman–Crippen LogP) is 4.57. The van der Waals surface area contributed by atoms with Gasteiger partial charge in [0, 0.05) is 24.0 Å². The van der Waals surface area contributed by atoms with Crippen LogP contribution in [-0.2, 0) is 0 Å². The van der Waals surface area contributed by atoms with E-state index in [0.717, 1.165) is 38.2 Å². The maximum atomic E-state index is 14.7. The second-order valence-electron chi connectivity index (χ2n) is 9.07. The van der Waals surface area contributed by atoms with E-state index in [1.54, 1.807) is 6.20 Å². The summed E-state index contributed by atoms with van der Waals surface area (Å²) in [4.78, 5) is 8.36. The summed E-state index contributed by atoms with van der Waals surface area (Å²) in [5.41, 5.74) is 6.16. The molecule has 2 heterocycles. The predicted molar refractivity (Wildman–Crippen MR) is 104 cm³/mol. The Hall–Kier alpha value is -2.36. The molecule has 2 aromatic rings. The fraction of sp³-hybridized carbons (Fsp3) is 0.619. The van der Waals surface area contributed by atoms with Gasteiger partial charge >= 0.3 is 6.36 Å². The van der Waals surface area contributed by atoms with Gasteiger partial charge in [-0.3, -0.25) is 0 Å². The van der Waals surface area contributed by atoms with Crippen molar-refractivity contribution >= 4 is 5.82 Å². The normalized spacial score (nSPS) is 29.2. The van der Waals surface area contributed by atoms with Gasteiger partial charge in [0.05, 0.1) is 5.69 Å². The summed E-state index contributed by atoms with van der Waals surface area (Å²) in [5, 5.41) is 10.8. The number of alkyl halides is 4. The molecule has 168 valence electrons. The summed E-state index contributed by atoms with van der Waals surface area (Å²) < 4.78 is 58.5. The number of fused-ring (bicyclic) bond motifs is 3. The summed E-state index contributed by atoms with van der Waals surface area (Å²) in [6.07, 6.45) is 1.12. The highest BCUT2D eigenvalue weighted by Gasteiger charge is 2.43. The van der Waals surface area contributed by atoms with Crippen LogP contribution in [0.25, 0.3) is 11.3 Å². The number of aliphatic hydroxyl groups excluding tert-OH is 1. The molecule has 6 nitrogen and oxygen atoms in total. The Morgan fingerprint density at radius 1 is 1.19 bits per heavy atom. The Morgan fingerprint density at radius 2 is 1.94 bits per heavy atom. The van der Waals surface area contributed by atoms with Gasteiger partial charge in [-0.25, -0.2) is 14.4 Å². The number of nitrogens with zero attached hydrogens (tertiary/aromatic N) is 3. The first-order valence-electron chi connectivity index (χ1n) is 10.6. The fourth-order valence-corrected chi connectivity index (χ4v) is 4.92. The monoisotopic (exact) mass is 440 g/mol. The van der Waals surface area contributed by atoms with E-state index in [-0.39, 0.29) is 29.3 Å². The van der Waals surface area contributed by atoms with Crippen molar-refractivity contribution in [3.8, 4) is 17.0 Å². The molecule has 0 saturated heterocycles. The van der Waals surface area contributed by atoms with E-state index >= 15 is 0 Å². The minimum Gasteiger partial charge on any atom is -0.402 e. The molecule has 0 aliphatic heterocycles. The van der Waals surface area contributed by atoms with E-state index in [9.17, 15) is 22.7 Å². The Labute approximate surface area is 176 Å². The molecule has 3 atom stereocenters. The first kappa shape index (κ1) is 20.5. The molecule has 4 aliphatic rings. The number of halogens is 4. The molecule has 4 saturated carbocycles. The van der Waals surface area contributed by atoms with Crippen molar-refractivity contribution in [1.29, 1.82) is 0 Å². The third kappa shape index (κ3) is 4.09. The number of aliphatic hydroxyl groups is 1. The molecular weight excluding hydrogens is 416 g/mol. The van der Waals surface area contributed by atoms with Crippen LogP contribution < -0.4 is 10.5 Å². The van der Waals surface area contributed by atoms with Crippen molar-refractivity contribution in [2.24, 2.45) is 17.8 Å². The van der Waals surface area contributed by atoms with E-state index < -0.39 is 24.4 Å². The minimum absolute atomic E-state index is 0.100. The van der Waals surface area contributed by atoms with E-state index in [1.807, 2.05) is 4.57 Å². The highest BCUT2D eigenvalue weighted by Crippen LogP contribution is 2.50. The first-order valence-corrected chi connectivity index (χ1v) is 10.6. The second-order valence-corrected chi connectivity index (χ2v) is 9.07. The van der Waals surface area contributed by atoms with E-state index in [0.29, 0.717) is 23.9 Å². The zero-order valence-corrected chi connectivity index (χ0v) is 16.7. The molecule has 10 heteroatoms. The summed E-state index contributed by atoms with van der Waals surface area (Å²) >= 11 is 0. The summed E-state index contributed by atoms with van der Waals surface area (Å²) in [5.74, 6) is 0.105. The lowest BCUT2D eigenvalue weighted by molar-refractivity contribution is -0.274. The molecule has 4 fully saturated rings. The van der Waals surface area contributed by atoms with E-state index in [2.05, 4.69) is 14.7 Å². The van der Waals surface area contributed by atoms with Crippen molar-refractivity contribution in [1.82, 2.24) is 14.5 Å². The lowest BCUT2D eigenvalue weighted by Gasteiger charge is -2.33. The molecule has 0 spiro atoms. The van der Waals surface area contributed by atoms with Crippen LogP contribution in [0.2, 0.25) is 0 Å². The molecule has 2 aromatic heterocycles. The van der Waals surface area contributed by atoms with Crippen LogP contribution in [0.15, 0.2) is 18.5 Å². The molecule has 6 rings (SSSR count). The Morgan fingerprint density at radius 3 is 2.61 bits per heavy atom. The molecule has 4 aliphatic carbocycles. The second kappa shape index (κ2) is 7.36. The van der Waals surface area contributed by atoms with Gasteiger partial charge < -0.3 is 20.1 Å². The smallest absolute Gasteiger partial charge is 0.402 e. The van der Waals surface area contributed by atoms with Crippen LogP contribution in [0.5, 0.6) is 5.75 Å². The zero-order valence-electron chi connectivity index (χ0n) is 16.7. The first-order chi connectivity index (χ1) is 14.7. The van der Waals surface area contributed by atoms with E-state index in [1.165, 1.54) is 6.20 Å². The minimum atomic E-state index is -4.90. The van der Waals surface area contributed by atoms with Crippen molar-refractivity contribution in [3.05, 3.63) is 24.3 Å².